The monoisotopic (exact) mass is 374 g/mol. The maximum atomic E-state index is 12.7. The lowest BCUT2D eigenvalue weighted by molar-refractivity contribution is -0.440. The van der Waals surface area contributed by atoms with Gasteiger partial charge in [-0.2, -0.15) is 0 Å². The normalized spacial score (nSPS) is 12.4. The molecule has 3 rings (SSSR count). The minimum atomic E-state index is 0.0295. The molecule has 0 amide bonds. The quantitative estimate of drug-likeness (QED) is 0.275. The number of hydrogen-bond acceptors (Lipinski definition) is 4. The van der Waals surface area contributed by atoms with Crippen molar-refractivity contribution in [2.75, 3.05) is 0 Å². The number of nitrogens with zero attached hydrogens (tertiary/aromatic N) is 4. The molecule has 0 saturated carbocycles. The van der Waals surface area contributed by atoms with Crippen molar-refractivity contribution in [2.24, 2.45) is 10.2 Å². The minimum absolute atomic E-state index is 0.0295. The van der Waals surface area contributed by atoms with Gasteiger partial charge in [0, 0.05) is 33.5 Å². The summed E-state index contributed by atoms with van der Waals surface area (Å²) in [6, 6.07) is 21.5. The van der Waals surface area contributed by atoms with Gasteiger partial charge in [0.15, 0.2) is 0 Å². The molecule has 0 N–H and O–H groups in total. The van der Waals surface area contributed by atoms with E-state index in [1.54, 1.807) is 43.3 Å². The number of hydrogen-bond donors (Lipinski definition) is 0. The largest absolute Gasteiger partial charge is 0.594 e. The molecule has 0 heterocycles. The van der Waals surface area contributed by atoms with Gasteiger partial charge in [0.05, 0.1) is 0 Å². The molecule has 3 aromatic rings. The van der Waals surface area contributed by atoms with E-state index >= 15 is 0 Å². The van der Waals surface area contributed by atoms with Gasteiger partial charge in [-0.05, 0) is 46.8 Å². The van der Waals surface area contributed by atoms with E-state index in [1.165, 1.54) is 0 Å². The number of aryl methyl sites for hydroxylation is 1. The van der Waals surface area contributed by atoms with Gasteiger partial charge in [0.25, 0.3) is 0 Å². The summed E-state index contributed by atoms with van der Waals surface area (Å²) >= 11 is 0. The van der Waals surface area contributed by atoms with E-state index in [-0.39, 0.29) is 5.92 Å². The standard InChI is InChI=1S/C22H22N4O2/c1-16(2)20-15-21(25(27)23-18-10-6-4-7-11-18)17(3)14-22(20)26(28)24-19-12-8-5-9-13-19/h4-16H,1-3H3. The molecule has 6 heteroatoms. The molecule has 0 saturated heterocycles. The predicted molar refractivity (Wildman–Crippen MR) is 109 cm³/mol. The fourth-order valence-corrected chi connectivity index (χ4v) is 2.84. The van der Waals surface area contributed by atoms with Gasteiger partial charge in [0.1, 0.15) is 11.4 Å². The van der Waals surface area contributed by atoms with Crippen molar-refractivity contribution in [1.29, 1.82) is 0 Å². The van der Waals surface area contributed by atoms with Crippen LogP contribution in [0.25, 0.3) is 0 Å². The molecule has 0 atom stereocenters. The second kappa shape index (κ2) is 8.43. The van der Waals surface area contributed by atoms with Gasteiger partial charge in [0.2, 0.25) is 11.4 Å². The van der Waals surface area contributed by atoms with Crippen molar-refractivity contribution < 1.29 is 9.72 Å². The molecule has 3 aromatic carbocycles. The third-order valence-electron chi connectivity index (χ3n) is 4.30. The van der Waals surface area contributed by atoms with Gasteiger partial charge in [-0.3, -0.25) is 0 Å². The van der Waals surface area contributed by atoms with E-state index in [4.69, 9.17) is 0 Å². The Hall–Kier alpha value is -3.54. The van der Waals surface area contributed by atoms with E-state index in [1.807, 2.05) is 50.2 Å². The van der Waals surface area contributed by atoms with E-state index in [0.717, 1.165) is 5.56 Å². The number of benzene rings is 3. The van der Waals surface area contributed by atoms with Crippen molar-refractivity contribution in [3.05, 3.63) is 94.3 Å². The van der Waals surface area contributed by atoms with E-state index in [0.29, 0.717) is 38.0 Å². The van der Waals surface area contributed by atoms with Crippen LogP contribution in [-0.2, 0) is 0 Å². The Morgan fingerprint density at radius 3 is 1.64 bits per heavy atom. The van der Waals surface area contributed by atoms with Gasteiger partial charge in [-0.25, -0.2) is 0 Å². The first kappa shape index (κ1) is 19.2. The maximum absolute atomic E-state index is 12.7. The molecule has 0 aliphatic carbocycles. The van der Waals surface area contributed by atoms with Gasteiger partial charge in [-0.15, -0.1) is 0 Å². The van der Waals surface area contributed by atoms with Crippen LogP contribution in [0.2, 0.25) is 0 Å². The first-order chi connectivity index (χ1) is 13.5. The zero-order valence-electron chi connectivity index (χ0n) is 16.1. The third-order valence-corrected chi connectivity index (χ3v) is 4.30. The lowest BCUT2D eigenvalue weighted by atomic mass is 9.98. The van der Waals surface area contributed by atoms with Gasteiger partial charge < -0.3 is 10.4 Å². The summed E-state index contributed by atoms with van der Waals surface area (Å²) in [5.41, 5.74) is 3.35. The molecule has 28 heavy (non-hydrogen) atoms. The molecule has 0 aromatic heterocycles. The van der Waals surface area contributed by atoms with Crippen LogP contribution in [0.1, 0.15) is 30.9 Å². The van der Waals surface area contributed by atoms with E-state index < -0.39 is 0 Å². The van der Waals surface area contributed by atoms with Crippen molar-refractivity contribution in [1.82, 2.24) is 0 Å². The topological polar surface area (TPSA) is 76.9 Å². The summed E-state index contributed by atoms with van der Waals surface area (Å²) < 4.78 is 0. The fraction of sp³-hybridized carbons (Fsp3) is 0.182. The summed E-state index contributed by atoms with van der Waals surface area (Å²) in [7, 11) is 0. The summed E-state index contributed by atoms with van der Waals surface area (Å²) in [6.07, 6.45) is 0. The zero-order chi connectivity index (χ0) is 20.1. The molecule has 0 aliphatic heterocycles. The second-order valence-electron chi connectivity index (χ2n) is 6.77. The van der Waals surface area contributed by atoms with Crippen LogP contribution in [0.15, 0.2) is 83.0 Å². The van der Waals surface area contributed by atoms with Crippen LogP contribution in [0.4, 0.5) is 22.7 Å². The van der Waals surface area contributed by atoms with Crippen LogP contribution < -0.4 is 0 Å². The van der Waals surface area contributed by atoms with Gasteiger partial charge >= 0.3 is 0 Å². The smallest absolute Gasteiger partial charge is 0.249 e. The Morgan fingerprint density at radius 2 is 1.18 bits per heavy atom. The molecule has 6 nitrogen and oxygen atoms in total. The van der Waals surface area contributed by atoms with Crippen LogP contribution in [0.5, 0.6) is 0 Å². The average Bonchev–Trinajstić information content (AvgIpc) is 2.69. The highest BCUT2D eigenvalue weighted by Gasteiger charge is 2.22. The SMILES string of the molecule is Cc1cc([N+]([O-])=Nc2ccccc2)c(C(C)C)cc1[N+]([O-])=Nc1ccccc1. The second-order valence-corrected chi connectivity index (χ2v) is 6.77. The van der Waals surface area contributed by atoms with Crippen molar-refractivity contribution in [2.45, 2.75) is 26.7 Å². The first-order valence-electron chi connectivity index (χ1n) is 9.08. The van der Waals surface area contributed by atoms with E-state index in [9.17, 15) is 10.4 Å². The van der Waals surface area contributed by atoms with Gasteiger partial charge in [-0.1, -0.05) is 50.2 Å². The van der Waals surface area contributed by atoms with Crippen LogP contribution in [-0.4, -0.2) is 9.72 Å². The Labute approximate surface area is 164 Å². The Morgan fingerprint density at radius 1 is 0.714 bits per heavy atom. The van der Waals surface area contributed by atoms with Crippen LogP contribution in [0, 0.1) is 17.3 Å². The molecule has 0 aliphatic rings. The minimum Gasteiger partial charge on any atom is -0.594 e. The summed E-state index contributed by atoms with van der Waals surface area (Å²) in [5, 5.41) is 33.5. The Kier molecular flexibility index (Phi) is 5.79. The molecule has 0 fully saturated rings. The number of azo groups is 2. The molecule has 142 valence electrons. The van der Waals surface area contributed by atoms with Crippen LogP contribution >= 0.6 is 0 Å². The molecule has 0 unspecified atom stereocenters. The van der Waals surface area contributed by atoms with E-state index in [2.05, 4.69) is 10.2 Å². The Bertz CT molecular complexity index is 1010. The maximum Gasteiger partial charge on any atom is 0.249 e. The van der Waals surface area contributed by atoms with Crippen LogP contribution in [0.3, 0.4) is 0 Å². The van der Waals surface area contributed by atoms with Crippen molar-refractivity contribution in [3.63, 3.8) is 0 Å². The summed E-state index contributed by atoms with van der Waals surface area (Å²) in [5.74, 6) is 0.0295. The highest BCUT2D eigenvalue weighted by Crippen LogP contribution is 2.34. The zero-order valence-corrected chi connectivity index (χ0v) is 16.1. The first-order valence-corrected chi connectivity index (χ1v) is 9.08. The molecular weight excluding hydrogens is 352 g/mol. The van der Waals surface area contributed by atoms with Crippen molar-refractivity contribution in [3.8, 4) is 0 Å². The summed E-state index contributed by atoms with van der Waals surface area (Å²) in [4.78, 5) is 1.22. The molecule has 0 bridgehead atoms. The molecular formula is C22H22N4O2. The average molecular weight is 374 g/mol. The van der Waals surface area contributed by atoms with Crippen molar-refractivity contribution >= 4 is 22.7 Å². The molecule has 0 radical (unpaired) electrons. The third kappa shape index (κ3) is 4.40. The number of rotatable bonds is 5. The Balaban J connectivity index is 2.06. The molecule has 0 spiro atoms. The summed E-state index contributed by atoms with van der Waals surface area (Å²) in [6.45, 7) is 5.72. The highest BCUT2D eigenvalue weighted by molar-refractivity contribution is 5.54. The highest BCUT2D eigenvalue weighted by atomic mass is 16.5. The lowest BCUT2D eigenvalue weighted by Gasteiger charge is -2.12. The fourth-order valence-electron chi connectivity index (χ4n) is 2.84. The predicted octanol–water partition coefficient (Wildman–Crippen LogP) is 6.97. The lowest BCUT2D eigenvalue weighted by Crippen LogP contribution is -2.02.